The summed E-state index contributed by atoms with van der Waals surface area (Å²) < 4.78 is 0. The minimum absolute atomic E-state index is 0.266. The van der Waals surface area contributed by atoms with E-state index in [9.17, 15) is 4.79 Å². The van der Waals surface area contributed by atoms with Gasteiger partial charge in [-0.05, 0) is 61.3 Å². The predicted molar refractivity (Wildman–Crippen MR) is 89.9 cm³/mol. The summed E-state index contributed by atoms with van der Waals surface area (Å²) in [7, 11) is 0. The molecule has 2 unspecified atom stereocenters. The van der Waals surface area contributed by atoms with Crippen LogP contribution in [0, 0.1) is 5.92 Å². The fourth-order valence-corrected chi connectivity index (χ4v) is 4.53. The van der Waals surface area contributed by atoms with Gasteiger partial charge in [0.15, 0.2) is 0 Å². The van der Waals surface area contributed by atoms with Gasteiger partial charge in [0.1, 0.15) is 0 Å². The van der Waals surface area contributed by atoms with Crippen LogP contribution >= 0.6 is 0 Å². The molecule has 1 aromatic rings. The maximum Gasteiger partial charge on any atom is 0.248 e. The standard InChI is InChI=1S/C19H28N2O/c1-14(2)13-21-10-9-19(8-4-7-17(21)12-19)16-6-3-5-15(11-16)18(20)22/h3,5-6,11,14,17H,4,7-10,12-13H2,1-2H3,(H2,20,22). The molecule has 1 aromatic carbocycles. The quantitative estimate of drug-likeness (QED) is 0.927. The molecule has 0 aromatic heterocycles. The third kappa shape index (κ3) is 2.91. The number of carbonyl (C=O) groups excluding carboxylic acids is 1. The molecule has 2 fully saturated rings. The second kappa shape index (κ2) is 6.04. The van der Waals surface area contributed by atoms with Gasteiger partial charge in [-0.1, -0.05) is 32.4 Å². The number of likely N-dealkylation sites (tertiary alicyclic amines) is 1. The highest BCUT2D eigenvalue weighted by atomic mass is 16.1. The van der Waals surface area contributed by atoms with Crippen molar-refractivity contribution in [1.82, 2.24) is 4.90 Å². The van der Waals surface area contributed by atoms with Gasteiger partial charge in [0.25, 0.3) is 0 Å². The Morgan fingerprint density at radius 2 is 2.23 bits per heavy atom. The summed E-state index contributed by atoms with van der Waals surface area (Å²) in [6.07, 6.45) is 6.31. The number of hydrogen-bond donors (Lipinski definition) is 1. The van der Waals surface area contributed by atoms with Crippen molar-refractivity contribution in [2.24, 2.45) is 11.7 Å². The van der Waals surface area contributed by atoms with Gasteiger partial charge >= 0.3 is 0 Å². The number of hydrogen-bond acceptors (Lipinski definition) is 2. The molecule has 3 rings (SSSR count). The lowest BCUT2D eigenvalue weighted by atomic mass is 9.63. The summed E-state index contributed by atoms with van der Waals surface area (Å²) >= 11 is 0. The Labute approximate surface area is 133 Å². The molecular formula is C19H28N2O. The molecule has 1 saturated heterocycles. The molecule has 1 saturated carbocycles. The molecule has 2 bridgehead atoms. The van der Waals surface area contributed by atoms with Crippen LogP contribution in [0.5, 0.6) is 0 Å². The lowest BCUT2D eigenvalue weighted by molar-refractivity contribution is 0.0435. The second-order valence-corrected chi connectivity index (χ2v) is 7.61. The number of piperidine rings is 1. The van der Waals surface area contributed by atoms with Crippen LogP contribution in [0.4, 0.5) is 0 Å². The molecular weight excluding hydrogens is 272 g/mol. The van der Waals surface area contributed by atoms with E-state index in [1.807, 2.05) is 18.2 Å². The average Bonchev–Trinajstić information content (AvgIpc) is 2.50. The molecule has 0 radical (unpaired) electrons. The van der Waals surface area contributed by atoms with Crippen molar-refractivity contribution < 1.29 is 4.79 Å². The van der Waals surface area contributed by atoms with Gasteiger partial charge in [-0.3, -0.25) is 4.79 Å². The number of nitrogens with zero attached hydrogens (tertiary/aromatic N) is 1. The second-order valence-electron chi connectivity index (χ2n) is 7.61. The Bertz CT molecular complexity index is 554. The molecule has 120 valence electrons. The molecule has 1 aliphatic carbocycles. The van der Waals surface area contributed by atoms with E-state index in [2.05, 4.69) is 24.8 Å². The Morgan fingerprint density at radius 3 is 2.95 bits per heavy atom. The first kappa shape index (κ1) is 15.5. The van der Waals surface area contributed by atoms with Gasteiger partial charge in [-0.15, -0.1) is 0 Å². The van der Waals surface area contributed by atoms with E-state index in [1.54, 1.807) is 0 Å². The fourth-order valence-electron chi connectivity index (χ4n) is 4.53. The predicted octanol–water partition coefficient (Wildman–Crippen LogP) is 3.33. The van der Waals surface area contributed by atoms with Crippen molar-refractivity contribution in [3.05, 3.63) is 35.4 Å². The van der Waals surface area contributed by atoms with E-state index in [4.69, 9.17) is 5.73 Å². The average molecular weight is 300 g/mol. The largest absolute Gasteiger partial charge is 0.366 e. The number of fused-ring (bicyclic) bond motifs is 2. The summed E-state index contributed by atoms with van der Waals surface area (Å²) in [6.45, 7) is 7.01. The van der Waals surface area contributed by atoms with E-state index < -0.39 is 0 Å². The first-order valence-corrected chi connectivity index (χ1v) is 8.64. The number of carbonyl (C=O) groups is 1. The molecule has 3 heteroatoms. The summed E-state index contributed by atoms with van der Waals surface area (Å²) in [5.41, 5.74) is 7.72. The number of benzene rings is 1. The van der Waals surface area contributed by atoms with Crippen LogP contribution in [0.25, 0.3) is 0 Å². The minimum Gasteiger partial charge on any atom is -0.366 e. The van der Waals surface area contributed by atoms with E-state index >= 15 is 0 Å². The Hall–Kier alpha value is -1.35. The van der Waals surface area contributed by atoms with Crippen LogP contribution in [0.2, 0.25) is 0 Å². The van der Waals surface area contributed by atoms with Crippen molar-refractivity contribution in [2.75, 3.05) is 13.1 Å². The van der Waals surface area contributed by atoms with E-state index in [-0.39, 0.29) is 11.3 Å². The van der Waals surface area contributed by atoms with Crippen molar-refractivity contribution in [3.8, 4) is 0 Å². The third-order valence-corrected chi connectivity index (χ3v) is 5.57. The zero-order valence-electron chi connectivity index (χ0n) is 13.8. The maximum atomic E-state index is 11.5. The van der Waals surface area contributed by atoms with Crippen LogP contribution in [0.3, 0.4) is 0 Å². The third-order valence-electron chi connectivity index (χ3n) is 5.57. The van der Waals surface area contributed by atoms with E-state index in [1.165, 1.54) is 50.8 Å². The Kier molecular flexibility index (Phi) is 4.26. The van der Waals surface area contributed by atoms with E-state index in [0.717, 1.165) is 5.92 Å². The summed E-state index contributed by atoms with van der Waals surface area (Å²) in [4.78, 5) is 14.2. The molecule has 3 nitrogen and oxygen atoms in total. The maximum absolute atomic E-state index is 11.5. The van der Waals surface area contributed by atoms with Crippen LogP contribution in [-0.2, 0) is 5.41 Å². The first-order valence-electron chi connectivity index (χ1n) is 8.64. The van der Waals surface area contributed by atoms with Crippen LogP contribution in [-0.4, -0.2) is 29.9 Å². The monoisotopic (exact) mass is 300 g/mol. The Balaban J connectivity index is 1.85. The highest BCUT2D eigenvalue weighted by Gasteiger charge is 2.43. The topological polar surface area (TPSA) is 46.3 Å². The fraction of sp³-hybridized carbons (Fsp3) is 0.632. The first-order chi connectivity index (χ1) is 10.5. The molecule has 2 N–H and O–H groups in total. The Morgan fingerprint density at radius 1 is 1.41 bits per heavy atom. The zero-order valence-corrected chi connectivity index (χ0v) is 13.8. The summed E-state index contributed by atoms with van der Waals surface area (Å²) in [5.74, 6) is 0.412. The van der Waals surface area contributed by atoms with Gasteiger partial charge in [-0.25, -0.2) is 0 Å². The van der Waals surface area contributed by atoms with Crippen LogP contribution < -0.4 is 5.73 Å². The minimum atomic E-state index is -0.317. The SMILES string of the molecule is CC(C)CN1CCC2(c3cccc(C(N)=O)c3)CCCC1C2. The molecule has 0 spiro atoms. The lowest BCUT2D eigenvalue weighted by Gasteiger charge is -2.51. The highest BCUT2D eigenvalue weighted by Crippen LogP contribution is 2.47. The molecule has 1 heterocycles. The van der Waals surface area contributed by atoms with E-state index in [0.29, 0.717) is 11.6 Å². The van der Waals surface area contributed by atoms with Crippen molar-refractivity contribution >= 4 is 5.91 Å². The lowest BCUT2D eigenvalue weighted by Crippen LogP contribution is -2.52. The van der Waals surface area contributed by atoms with Crippen LogP contribution in [0.15, 0.2) is 24.3 Å². The van der Waals surface area contributed by atoms with Gasteiger partial charge in [0.2, 0.25) is 5.91 Å². The number of rotatable bonds is 4. The number of amides is 1. The van der Waals surface area contributed by atoms with Gasteiger partial charge in [0.05, 0.1) is 0 Å². The van der Waals surface area contributed by atoms with Crippen LogP contribution in [0.1, 0.15) is 61.9 Å². The highest BCUT2D eigenvalue weighted by molar-refractivity contribution is 5.92. The smallest absolute Gasteiger partial charge is 0.248 e. The molecule has 2 atom stereocenters. The molecule has 1 aliphatic heterocycles. The van der Waals surface area contributed by atoms with Crippen molar-refractivity contribution in [3.63, 3.8) is 0 Å². The summed E-state index contributed by atoms with van der Waals surface area (Å²) in [5, 5.41) is 0. The van der Waals surface area contributed by atoms with Gasteiger partial charge < -0.3 is 10.6 Å². The van der Waals surface area contributed by atoms with Crippen molar-refractivity contribution in [2.45, 2.75) is 57.4 Å². The normalized spacial score (nSPS) is 28.8. The molecule has 22 heavy (non-hydrogen) atoms. The zero-order chi connectivity index (χ0) is 15.7. The number of primary amides is 1. The van der Waals surface area contributed by atoms with Gasteiger partial charge in [0, 0.05) is 18.2 Å². The van der Waals surface area contributed by atoms with Gasteiger partial charge in [-0.2, -0.15) is 0 Å². The molecule has 2 aliphatic rings. The van der Waals surface area contributed by atoms with Crippen molar-refractivity contribution in [1.29, 1.82) is 0 Å². The molecule has 1 amide bonds. The number of nitrogens with two attached hydrogens (primary N) is 1. The summed E-state index contributed by atoms with van der Waals surface area (Å²) in [6, 6.07) is 8.78.